The Labute approximate surface area is 277 Å². The summed E-state index contributed by atoms with van der Waals surface area (Å²) in [5, 5.41) is 6.43. The molecule has 3 aromatic carbocycles. The number of nitrogens with one attached hydrogen (secondary N) is 2. The molecule has 2 amide bonds. The van der Waals surface area contributed by atoms with Gasteiger partial charge in [0.2, 0.25) is 23.0 Å². The Bertz CT molecular complexity index is 1650. The van der Waals surface area contributed by atoms with E-state index in [4.69, 9.17) is 14.2 Å². The minimum absolute atomic E-state index is 0.0123. The van der Waals surface area contributed by atoms with E-state index in [-0.39, 0.29) is 23.2 Å². The second kappa shape index (κ2) is 14.9. The molecule has 5 rings (SSSR count). The van der Waals surface area contributed by atoms with Crippen LogP contribution in [0.4, 0.5) is 5.69 Å². The van der Waals surface area contributed by atoms with Gasteiger partial charge in [0.05, 0.1) is 33.1 Å². The number of ether oxygens (including phenoxy) is 3. The number of rotatable bonds is 10. The fraction of sp³-hybridized carbons (Fsp3) is 0.447. The number of hydrogen-bond donors (Lipinski definition) is 2. The minimum atomic E-state index is -0.569. The molecule has 2 aliphatic rings. The summed E-state index contributed by atoms with van der Waals surface area (Å²) >= 11 is 0. The second-order valence-corrected chi connectivity index (χ2v) is 12.6. The van der Waals surface area contributed by atoms with Gasteiger partial charge in [-0.3, -0.25) is 14.4 Å². The summed E-state index contributed by atoms with van der Waals surface area (Å²) in [6.07, 6.45) is 3.76. The van der Waals surface area contributed by atoms with Gasteiger partial charge in [0.15, 0.2) is 11.5 Å². The quantitative estimate of drug-likeness (QED) is 0.276. The molecule has 9 heteroatoms. The third kappa shape index (κ3) is 7.09. The van der Waals surface area contributed by atoms with Crippen LogP contribution in [0.5, 0.6) is 17.2 Å². The van der Waals surface area contributed by atoms with E-state index in [0.29, 0.717) is 60.3 Å². The number of piperidine rings is 1. The number of carbonyl (C=O) groups excluding carboxylic acids is 2. The van der Waals surface area contributed by atoms with E-state index < -0.39 is 12.1 Å². The highest BCUT2D eigenvalue weighted by Gasteiger charge is 2.33. The van der Waals surface area contributed by atoms with E-state index in [1.165, 1.54) is 12.5 Å². The smallest absolute Gasteiger partial charge is 0.245 e. The van der Waals surface area contributed by atoms with Gasteiger partial charge in [0.25, 0.3) is 0 Å². The number of anilines is 1. The second-order valence-electron chi connectivity index (χ2n) is 12.6. The number of methoxy groups -OCH3 is 3. The predicted octanol–water partition coefficient (Wildman–Crippen LogP) is 6.10. The highest BCUT2D eigenvalue weighted by Crippen LogP contribution is 2.50. The fourth-order valence-electron chi connectivity index (χ4n) is 7.03. The maximum Gasteiger partial charge on any atom is 0.245 e. The summed E-state index contributed by atoms with van der Waals surface area (Å²) in [4.78, 5) is 42.3. The summed E-state index contributed by atoms with van der Waals surface area (Å²) in [5.41, 5.74) is 4.55. The van der Waals surface area contributed by atoms with Crippen LogP contribution >= 0.6 is 0 Å². The lowest BCUT2D eigenvalue weighted by molar-refractivity contribution is -0.134. The van der Waals surface area contributed by atoms with Gasteiger partial charge >= 0.3 is 0 Å². The van der Waals surface area contributed by atoms with E-state index in [0.717, 1.165) is 36.0 Å². The molecule has 1 heterocycles. The normalized spacial score (nSPS) is 17.3. The molecule has 1 aliphatic heterocycles. The van der Waals surface area contributed by atoms with Crippen LogP contribution in [0.15, 0.2) is 59.4 Å². The number of fused-ring (bicyclic) bond motifs is 3. The molecule has 0 saturated carbocycles. The zero-order chi connectivity index (χ0) is 33.7. The molecule has 2 N–H and O–H groups in total. The lowest BCUT2D eigenvalue weighted by Crippen LogP contribution is -2.49. The Kier molecular flexibility index (Phi) is 10.7. The summed E-state index contributed by atoms with van der Waals surface area (Å²) in [6, 6.07) is 16.7. The highest BCUT2D eigenvalue weighted by atomic mass is 16.5. The molecule has 0 bridgehead atoms. The Morgan fingerprint density at radius 2 is 1.64 bits per heavy atom. The minimum Gasteiger partial charge on any atom is -0.493 e. The highest BCUT2D eigenvalue weighted by molar-refractivity contribution is 5.86. The van der Waals surface area contributed by atoms with Crippen molar-refractivity contribution in [2.24, 2.45) is 5.92 Å². The Hall–Kier alpha value is -4.53. The van der Waals surface area contributed by atoms with E-state index in [1.54, 1.807) is 33.5 Å². The van der Waals surface area contributed by atoms with Crippen LogP contribution in [0.1, 0.15) is 75.1 Å². The van der Waals surface area contributed by atoms with Crippen molar-refractivity contribution in [3.05, 3.63) is 81.5 Å². The topological polar surface area (TPSA) is 106 Å². The number of carbonyl (C=O) groups is 2. The number of benzene rings is 2. The predicted molar refractivity (Wildman–Crippen MR) is 185 cm³/mol. The lowest BCUT2D eigenvalue weighted by atomic mass is 9.88. The molecule has 9 nitrogen and oxygen atoms in total. The third-order valence-electron chi connectivity index (χ3n) is 9.78. The SMILES string of the molecule is CC[C@H](C)[C@H](Nc1ccc2c(cc1=O)[C@H](NC(C)=O)CCc1cc(OC)c(OC)c(OC)c1-2)C(=O)N1CCC(c2ccccc2)CC1. The van der Waals surface area contributed by atoms with Crippen molar-refractivity contribution in [3.63, 3.8) is 0 Å². The van der Waals surface area contributed by atoms with Crippen molar-refractivity contribution in [2.45, 2.75) is 70.9 Å². The van der Waals surface area contributed by atoms with Crippen molar-refractivity contribution in [1.82, 2.24) is 10.2 Å². The van der Waals surface area contributed by atoms with Gasteiger partial charge in [-0.25, -0.2) is 0 Å². The summed E-state index contributed by atoms with van der Waals surface area (Å²) < 4.78 is 17.2. The van der Waals surface area contributed by atoms with E-state index in [1.807, 2.05) is 30.0 Å². The standard InChI is InChI=1S/C38H47N3O6/c1-7-23(2)35(38(44)41-19-17-26(18-20-41)25-11-9-8-10-12-25)40-31-16-14-28-29(22-32(31)43)30(39-24(3)42)15-13-27-21-33(45-4)36(46-5)37(47-6)34(27)28/h8-12,14,16,21-23,26,30,35H,7,13,15,17-20H2,1-6H3,(H,39,42)(H,40,43)/t23-,30+,35-/m0/s1. The number of hydrogen-bond acceptors (Lipinski definition) is 7. The van der Waals surface area contributed by atoms with Gasteiger partial charge < -0.3 is 29.7 Å². The molecular weight excluding hydrogens is 594 g/mol. The van der Waals surface area contributed by atoms with Crippen molar-refractivity contribution < 1.29 is 23.8 Å². The van der Waals surface area contributed by atoms with Gasteiger partial charge in [0.1, 0.15) is 6.04 Å². The van der Waals surface area contributed by atoms with E-state index >= 15 is 0 Å². The first-order valence-corrected chi connectivity index (χ1v) is 16.6. The first-order chi connectivity index (χ1) is 22.7. The number of aryl methyl sites for hydroxylation is 1. The van der Waals surface area contributed by atoms with Gasteiger partial charge in [-0.15, -0.1) is 0 Å². The summed E-state index contributed by atoms with van der Waals surface area (Å²) in [5.74, 6) is 1.72. The van der Waals surface area contributed by atoms with E-state index in [9.17, 15) is 14.4 Å². The lowest BCUT2D eigenvalue weighted by Gasteiger charge is -2.36. The van der Waals surface area contributed by atoms with Crippen molar-refractivity contribution >= 4 is 17.5 Å². The number of likely N-dealkylation sites (tertiary alicyclic amines) is 1. The third-order valence-corrected chi connectivity index (χ3v) is 9.78. The molecule has 1 saturated heterocycles. The van der Waals surface area contributed by atoms with Crippen LogP contribution in [0.25, 0.3) is 11.1 Å². The summed E-state index contributed by atoms with van der Waals surface area (Å²) in [7, 11) is 4.72. The maximum atomic E-state index is 14.1. The molecule has 0 radical (unpaired) electrons. The van der Waals surface area contributed by atoms with Crippen molar-refractivity contribution in [2.75, 3.05) is 39.7 Å². The molecule has 0 aromatic heterocycles. The molecule has 250 valence electrons. The largest absolute Gasteiger partial charge is 0.493 e. The van der Waals surface area contributed by atoms with Crippen molar-refractivity contribution in [1.29, 1.82) is 0 Å². The number of amides is 2. The first-order valence-electron chi connectivity index (χ1n) is 16.6. The van der Waals surface area contributed by atoms with Crippen LogP contribution in [0, 0.1) is 5.92 Å². The molecule has 0 spiro atoms. The Morgan fingerprint density at radius 1 is 0.936 bits per heavy atom. The summed E-state index contributed by atoms with van der Waals surface area (Å²) in [6.45, 7) is 6.93. The van der Waals surface area contributed by atoms with Crippen LogP contribution in [0.3, 0.4) is 0 Å². The monoisotopic (exact) mass is 641 g/mol. The van der Waals surface area contributed by atoms with Gasteiger partial charge in [-0.05, 0) is 78.0 Å². The Morgan fingerprint density at radius 3 is 2.26 bits per heavy atom. The molecular formula is C38H47N3O6. The fourth-order valence-corrected chi connectivity index (χ4v) is 7.03. The zero-order valence-electron chi connectivity index (χ0n) is 28.4. The molecule has 47 heavy (non-hydrogen) atoms. The van der Waals surface area contributed by atoms with Gasteiger partial charge in [-0.1, -0.05) is 56.7 Å². The van der Waals surface area contributed by atoms with E-state index in [2.05, 4.69) is 41.8 Å². The molecule has 3 atom stereocenters. The molecule has 0 unspecified atom stereocenters. The van der Waals surface area contributed by atoms with Gasteiger partial charge in [-0.2, -0.15) is 0 Å². The molecule has 3 aromatic rings. The number of nitrogens with zero attached hydrogens (tertiary/aromatic N) is 1. The first kappa shape index (κ1) is 33.8. The molecule has 1 fully saturated rings. The average molecular weight is 642 g/mol. The Balaban J connectivity index is 1.53. The van der Waals surface area contributed by atoms with Crippen LogP contribution < -0.4 is 30.3 Å². The van der Waals surface area contributed by atoms with Crippen LogP contribution in [-0.2, 0) is 16.0 Å². The zero-order valence-corrected chi connectivity index (χ0v) is 28.4. The molecule has 1 aliphatic carbocycles. The average Bonchev–Trinajstić information content (AvgIpc) is 3.33. The van der Waals surface area contributed by atoms with Crippen LogP contribution in [0.2, 0.25) is 0 Å². The van der Waals surface area contributed by atoms with Crippen LogP contribution in [-0.4, -0.2) is 57.2 Å². The maximum absolute atomic E-state index is 14.1. The van der Waals surface area contributed by atoms with Gasteiger partial charge in [0, 0.05) is 25.6 Å². The van der Waals surface area contributed by atoms with Crippen molar-refractivity contribution in [3.8, 4) is 28.4 Å².